The number of hydrogen-bond acceptors (Lipinski definition) is 1. The Labute approximate surface area is 88.4 Å². The molecule has 0 saturated carbocycles. The van der Waals surface area contributed by atoms with Gasteiger partial charge in [-0.3, -0.25) is 0 Å². The fourth-order valence-electron chi connectivity index (χ4n) is 1.29. The Kier molecular flexibility index (Phi) is 3.67. The average molecular weight is 214 g/mol. The summed E-state index contributed by atoms with van der Waals surface area (Å²) in [6, 6.07) is 4.48. The number of rotatable bonds is 3. The first-order valence-corrected chi connectivity index (χ1v) is 4.74. The Morgan fingerprint density at radius 1 is 1.64 bits per heavy atom. The molecule has 1 nitrogen and oxygen atoms in total. The van der Waals surface area contributed by atoms with Crippen LogP contribution in [0.25, 0.3) is 0 Å². The number of nitrogens with two attached hydrogens (primary N) is 1. The van der Waals surface area contributed by atoms with Gasteiger partial charge in [0.25, 0.3) is 0 Å². The fraction of sp³-hybridized carbons (Fsp3) is 0.273. The Morgan fingerprint density at radius 3 is 2.86 bits per heavy atom. The third kappa shape index (κ3) is 2.56. The van der Waals surface area contributed by atoms with E-state index >= 15 is 0 Å². The van der Waals surface area contributed by atoms with Crippen LogP contribution in [0.15, 0.2) is 30.4 Å². The number of hydrogen-bond donors (Lipinski definition) is 1. The fourth-order valence-corrected chi connectivity index (χ4v) is 1.47. The van der Waals surface area contributed by atoms with E-state index in [-0.39, 0.29) is 11.1 Å². The van der Waals surface area contributed by atoms with E-state index in [2.05, 4.69) is 6.58 Å². The molecule has 0 radical (unpaired) electrons. The van der Waals surface area contributed by atoms with Crippen molar-refractivity contribution in [2.75, 3.05) is 0 Å². The van der Waals surface area contributed by atoms with Gasteiger partial charge in [-0.05, 0) is 19.4 Å². The molecule has 0 spiro atoms. The van der Waals surface area contributed by atoms with Crippen LogP contribution >= 0.6 is 11.6 Å². The van der Waals surface area contributed by atoms with Crippen molar-refractivity contribution < 1.29 is 4.39 Å². The molecule has 2 N–H and O–H groups in total. The highest BCUT2D eigenvalue weighted by Gasteiger charge is 2.13. The lowest BCUT2D eigenvalue weighted by atomic mass is 10.0. The maximum Gasteiger partial charge on any atom is 0.146 e. The second-order valence-corrected chi connectivity index (χ2v) is 3.82. The van der Waals surface area contributed by atoms with Crippen LogP contribution in [0.3, 0.4) is 0 Å². The molecule has 3 heteroatoms. The minimum absolute atomic E-state index is 0.111. The van der Waals surface area contributed by atoms with Gasteiger partial charge in [0.1, 0.15) is 5.82 Å². The van der Waals surface area contributed by atoms with E-state index in [0.29, 0.717) is 12.0 Å². The molecular weight excluding hydrogens is 201 g/mol. The summed E-state index contributed by atoms with van der Waals surface area (Å²) in [5.74, 6) is -0.428. The van der Waals surface area contributed by atoms with Gasteiger partial charge in [0.05, 0.1) is 5.02 Å². The quantitative estimate of drug-likeness (QED) is 0.765. The third-order valence-electron chi connectivity index (χ3n) is 1.95. The number of benzene rings is 1. The molecule has 0 saturated heterocycles. The Hall–Kier alpha value is -0.860. The molecule has 0 aromatic heterocycles. The van der Waals surface area contributed by atoms with Crippen molar-refractivity contribution in [3.8, 4) is 0 Å². The zero-order valence-corrected chi connectivity index (χ0v) is 8.81. The van der Waals surface area contributed by atoms with Gasteiger partial charge in [-0.1, -0.05) is 29.3 Å². The zero-order valence-electron chi connectivity index (χ0n) is 8.06. The predicted molar refractivity (Wildman–Crippen MR) is 57.8 cm³/mol. The summed E-state index contributed by atoms with van der Waals surface area (Å²) < 4.78 is 13.5. The lowest BCUT2D eigenvalue weighted by molar-refractivity contribution is 0.580. The van der Waals surface area contributed by atoms with Crippen LogP contribution in [0.4, 0.5) is 4.39 Å². The summed E-state index contributed by atoms with van der Waals surface area (Å²) in [5.41, 5.74) is 7.18. The van der Waals surface area contributed by atoms with Gasteiger partial charge in [0, 0.05) is 11.6 Å². The topological polar surface area (TPSA) is 26.0 Å². The highest BCUT2D eigenvalue weighted by molar-refractivity contribution is 6.30. The largest absolute Gasteiger partial charge is 0.324 e. The Bertz CT molecular complexity index is 349. The van der Waals surface area contributed by atoms with E-state index in [0.717, 1.165) is 5.57 Å². The van der Waals surface area contributed by atoms with Crippen molar-refractivity contribution in [3.63, 3.8) is 0 Å². The first kappa shape index (κ1) is 11.2. The molecule has 0 aliphatic rings. The monoisotopic (exact) mass is 213 g/mol. The molecule has 0 amide bonds. The predicted octanol–water partition coefficient (Wildman–Crippen LogP) is 3.45. The highest BCUT2D eigenvalue weighted by atomic mass is 35.5. The summed E-state index contributed by atoms with van der Waals surface area (Å²) in [7, 11) is 0. The summed E-state index contributed by atoms with van der Waals surface area (Å²) >= 11 is 5.64. The van der Waals surface area contributed by atoms with Gasteiger partial charge in [0.15, 0.2) is 0 Å². The van der Waals surface area contributed by atoms with E-state index in [1.54, 1.807) is 12.1 Å². The minimum atomic E-state index is -0.428. The molecule has 1 aromatic carbocycles. The van der Waals surface area contributed by atoms with Gasteiger partial charge >= 0.3 is 0 Å². The molecule has 0 bridgehead atoms. The smallest absolute Gasteiger partial charge is 0.146 e. The molecular formula is C11H13ClFN. The van der Waals surface area contributed by atoms with E-state index < -0.39 is 5.82 Å². The van der Waals surface area contributed by atoms with Crippen molar-refractivity contribution in [1.29, 1.82) is 0 Å². The van der Waals surface area contributed by atoms with Crippen molar-refractivity contribution in [2.45, 2.75) is 19.4 Å². The summed E-state index contributed by atoms with van der Waals surface area (Å²) in [4.78, 5) is 0. The molecule has 1 atom stereocenters. The van der Waals surface area contributed by atoms with E-state index in [4.69, 9.17) is 17.3 Å². The van der Waals surface area contributed by atoms with Crippen LogP contribution in [0.1, 0.15) is 24.9 Å². The van der Waals surface area contributed by atoms with E-state index in [9.17, 15) is 4.39 Å². The summed E-state index contributed by atoms with van der Waals surface area (Å²) in [5, 5.41) is 0.111. The van der Waals surface area contributed by atoms with Crippen molar-refractivity contribution in [1.82, 2.24) is 0 Å². The second kappa shape index (κ2) is 4.58. The van der Waals surface area contributed by atoms with Crippen molar-refractivity contribution in [3.05, 3.63) is 46.8 Å². The zero-order chi connectivity index (χ0) is 10.7. The third-order valence-corrected chi connectivity index (χ3v) is 2.24. The molecule has 0 aliphatic heterocycles. The summed E-state index contributed by atoms with van der Waals surface area (Å²) in [6.45, 7) is 5.60. The maximum absolute atomic E-state index is 13.5. The van der Waals surface area contributed by atoms with Gasteiger partial charge < -0.3 is 5.73 Å². The second-order valence-electron chi connectivity index (χ2n) is 3.41. The minimum Gasteiger partial charge on any atom is -0.324 e. The summed E-state index contributed by atoms with van der Waals surface area (Å²) in [6.07, 6.45) is 0.567. The van der Waals surface area contributed by atoms with Crippen LogP contribution in [-0.4, -0.2) is 0 Å². The van der Waals surface area contributed by atoms with E-state index in [1.165, 1.54) is 6.07 Å². The SMILES string of the molecule is C=C(C)CC(N)c1cccc(Cl)c1F. The Morgan fingerprint density at radius 2 is 2.29 bits per heavy atom. The Balaban J connectivity index is 2.95. The van der Waals surface area contributed by atoms with Gasteiger partial charge in [-0.25, -0.2) is 4.39 Å². The van der Waals surface area contributed by atoms with Crippen LogP contribution in [0.2, 0.25) is 5.02 Å². The van der Waals surface area contributed by atoms with Crippen LogP contribution in [0, 0.1) is 5.82 Å². The maximum atomic E-state index is 13.5. The standard InChI is InChI=1S/C11H13ClFN/c1-7(2)6-10(14)8-4-3-5-9(12)11(8)13/h3-5,10H,1,6,14H2,2H3. The molecule has 14 heavy (non-hydrogen) atoms. The first-order valence-electron chi connectivity index (χ1n) is 4.36. The lowest BCUT2D eigenvalue weighted by Crippen LogP contribution is -2.12. The van der Waals surface area contributed by atoms with Crippen LogP contribution < -0.4 is 5.73 Å². The average Bonchev–Trinajstić information content (AvgIpc) is 2.08. The van der Waals surface area contributed by atoms with Crippen LogP contribution in [-0.2, 0) is 0 Å². The highest BCUT2D eigenvalue weighted by Crippen LogP contribution is 2.25. The molecule has 76 valence electrons. The van der Waals surface area contributed by atoms with Crippen LogP contribution in [0.5, 0.6) is 0 Å². The molecule has 1 unspecified atom stereocenters. The first-order chi connectivity index (χ1) is 6.52. The van der Waals surface area contributed by atoms with Crippen molar-refractivity contribution >= 4 is 11.6 Å². The molecule has 1 rings (SSSR count). The normalized spacial score (nSPS) is 12.6. The van der Waals surface area contributed by atoms with E-state index in [1.807, 2.05) is 6.92 Å². The number of halogens is 2. The molecule has 0 heterocycles. The van der Waals surface area contributed by atoms with Gasteiger partial charge in [-0.2, -0.15) is 0 Å². The van der Waals surface area contributed by atoms with Gasteiger partial charge in [0.2, 0.25) is 0 Å². The van der Waals surface area contributed by atoms with Gasteiger partial charge in [-0.15, -0.1) is 6.58 Å². The molecule has 0 aliphatic carbocycles. The molecule has 1 aromatic rings. The van der Waals surface area contributed by atoms with Crippen molar-refractivity contribution in [2.24, 2.45) is 5.73 Å². The lowest BCUT2D eigenvalue weighted by Gasteiger charge is -2.13. The molecule has 0 fully saturated rings.